The number of rotatable bonds is 1. The lowest BCUT2D eigenvalue weighted by Gasteiger charge is -2.05. The molecular weight excluding hydrogens is 350 g/mol. The van der Waals surface area contributed by atoms with Crippen molar-refractivity contribution in [1.29, 1.82) is 0 Å². The van der Waals surface area contributed by atoms with Crippen LogP contribution in [0.15, 0.2) is 50.4 Å². The van der Waals surface area contributed by atoms with Crippen LogP contribution < -0.4 is 0 Å². The largest absolute Gasteiger partial charge is 0.507 e. The van der Waals surface area contributed by atoms with E-state index in [0.717, 1.165) is 0 Å². The molecule has 3 nitrogen and oxygen atoms in total. The number of allylic oxidation sites excluding steroid dienone is 4. The minimum Gasteiger partial charge on any atom is -0.507 e. The van der Waals surface area contributed by atoms with Crippen LogP contribution in [0.2, 0.25) is 0 Å². The Labute approximate surface area is 115 Å². The molecule has 0 fully saturated rings. The number of halogens is 2. The van der Waals surface area contributed by atoms with Crippen molar-refractivity contribution in [1.82, 2.24) is 0 Å². The van der Waals surface area contributed by atoms with Crippen LogP contribution in [0.3, 0.4) is 0 Å². The highest BCUT2D eigenvalue weighted by Crippen LogP contribution is 2.38. The van der Waals surface area contributed by atoms with E-state index >= 15 is 0 Å². The molecule has 0 amide bonds. The Bertz CT molecular complexity index is 556. The summed E-state index contributed by atoms with van der Waals surface area (Å²) in [5, 5.41) is 9.47. The van der Waals surface area contributed by atoms with Crippen molar-refractivity contribution in [2.24, 2.45) is 4.99 Å². The third kappa shape index (κ3) is 2.73. The second-order valence-corrected chi connectivity index (χ2v) is 4.92. The number of benzene rings is 1. The van der Waals surface area contributed by atoms with E-state index in [0.29, 0.717) is 20.3 Å². The van der Waals surface area contributed by atoms with Gasteiger partial charge in [-0.05, 0) is 68.3 Å². The lowest BCUT2D eigenvalue weighted by Crippen LogP contribution is -1.98. The Morgan fingerprint density at radius 3 is 2.29 bits per heavy atom. The van der Waals surface area contributed by atoms with Crippen molar-refractivity contribution in [3.8, 4) is 5.75 Å². The first kappa shape index (κ1) is 12.3. The van der Waals surface area contributed by atoms with Gasteiger partial charge in [0.25, 0.3) is 0 Å². The lowest BCUT2D eigenvalue weighted by molar-refractivity contribution is -0.110. The topological polar surface area (TPSA) is 49.7 Å². The van der Waals surface area contributed by atoms with E-state index in [9.17, 15) is 9.90 Å². The van der Waals surface area contributed by atoms with Gasteiger partial charge in [0.05, 0.1) is 20.3 Å². The number of carbonyl (C=O) groups excluding carboxylic acids is 1. The molecule has 1 aliphatic rings. The van der Waals surface area contributed by atoms with Crippen molar-refractivity contribution in [2.75, 3.05) is 0 Å². The number of aliphatic imine (C=N–C) groups is 1. The van der Waals surface area contributed by atoms with Gasteiger partial charge in [-0.2, -0.15) is 0 Å². The number of carbonyl (C=O) groups is 1. The van der Waals surface area contributed by atoms with Crippen molar-refractivity contribution in [2.45, 2.75) is 0 Å². The van der Waals surface area contributed by atoms with Gasteiger partial charge in [-0.1, -0.05) is 0 Å². The van der Waals surface area contributed by atoms with Crippen molar-refractivity contribution >= 4 is 49.0 Å². The van der Waals surface area contributed by atoms with Gasteiger partial charge >= 0.3 is 0 Å². The second-order valence-electron chi connectivity index (χ2n) is 3.34. The molecule has 86 valence electrons. The zero-order valence-corrected chi connectivity index (χ0v) is 11.7. The van der Waals surface area contributed by atoms with Crippen LogP contribution >= 0.6 is 31.9 Å². The Morgan fingerprint density at radius 1 is 1.00 bits per heavy atom. The fourth-order valence-electron chi connectivity index (χ4n) is 1.28. The number of phenolic OH excluding ortho intramolecular Hbond substituents is 1. The zero-order valence-electron chi connectivity index (χ0n) is 8.52. The van der Waals surface area contributed by atoms with E-state index < -0.39 is 0 Å². The van der Waals surface area contributed by atoms with Gasteiger partial charge in [0.2, 0.25) is 0 Å². The molecule has 17 heavy (non-hydrogen) atoms. The summed E-state index contributed by atoms with van der Waals surface area (Å²) < 4.78 is 1.22. The molecule has 0 unspecified atom stereocenters. The van der Waals surface area contributed by atoms with Gasteiger partial charge in [0, 0.05) is 0 Å². The first-order chi connectivity index (χ1) is 8.08. The minimum absolute atomic E-state index is 0.0464. The molecule has 1 aromatic carbocycles. The first-order valence-corrected chi connectivity index (χ1v) is 6.32. The van der Waals surface area contributed by atoms with E-state index in [1.165, 1.54) is 12.2 Å². The first-order valence-electron chi connectivity index (χ1n) is 4.73. The number of hydrogen-bond donors (Lipinski definition) is 1. The molecule has 0 aromatic heterocycles. The third-order valence-corrected chi connectivity index (χ3v) is 4.27. The summed E-state index contributed by atoms with van der Waals surface area (Å²) in [5.41, 5.74) is 1.36. The number of hydrogen-bond acceptors (Lipinski definition) is 3. The fourth-order valence-corrected chi connectivity index (χ4v) is 2.03. The smallest absolute Gasteiger partial charge is 0.178 e. The molecule has 0 aliphatic heterocycles. The van der Waals surface area contributed by atoms with E-state index in [1.54, 1.807) is 24.3 Å². The zero-order chi connectivity index (χ0) is 12.4. The summed E-state index contributed by atoms with van der Waals surface area (Å²) in [6.07, 6.45) is 6.22. The van der Waals surface area contributed by atoms with Crippen molar-refractivity contribution < 1.29 is 9.90 Å². The average Bonchev–Trinajstić information content (AvgIpc) is 2.33. The molecule has 2 rings (SSSR count). The number of phenols is 1. The standard InChI is InChI=1S/C12H7Br2NO2/c13-11-9(5-6-10(17)12(11)14)15-7-1-3-8(16)4-2-7/h1-6,17H. The Hall–Kier alpha value is -1.20. The van der Waals surface area contributed by atoms with E-state index in [2.05, 4.69) is 36.9 Å². The number of nitrogens with zero attached hydrogens (tertiary/aromatic N) is 1. The van der Waals surface area contributed by atoms with Gasteiger partial charge < -0.3 is 5.11 Å². The summed E-state index contributed by atoms with van der Waals surface area (Å²) in [6, 6.07) is 3.24. The number of aromatic hydroxyl groups is 1. The SMILES string of the molecule is O=C1C=CC(=Nc2ccc(O)c(Br)c2Br)C=C1. The van der Waals surface area contributed by atoms with Gasteiger partial charge in [-0.25, -0.2) is 4.99 Å². The summed E-state index contributed by atoms with van der Waals surface area (Å²) >= 11 is 6.59. The number of ketones is 1. The maximum atomic E-state index is 10.9. The van der Waals surface area contributed by atoms with E-state index in [-0.39, 0.29) is 11.5 Å². The average molecular weight is 357 g/mol. The maximum Gasteiger partial charge on any atom is 0.178 e. The third-order valence-electron chi connectivity index (χ3n) is 2.13. The molecule has 0 spiro atoms. The normalized spacial score (nSPS) is 14.2. The molecule has 1 N–H and O–H groups in total. The van der Waals surface area contributed by atoms with E-state index in [1.807, 2.05) is 0 Å². The molecule has 0 atom stereocenters. The van der Waals surface area contributed by atoms with Crippen LogP contribution in [0.5, 0.6) is 5.75 Å². The van der Waals surface area contributed by atoms with Crippen LogP contribution in [0, 0.1) is 0 Å². The molecule has 0 saturated heterocycles. The van der Waals surface area contributed by atoms with Gasteiger partial charge in [0.1, 0.15) is 5.75 Å². The summed E-state index contributed by atoms with van der Waals surface area (Å²) in [6.45, 7) is 0. The summed E-state index contributed by atoms with van der Waals surface area (Å²) in [5.74, 6) is 0.0978. The fraction of sp³-hybridized carbons (Fsp3) is 0. The maximum absolute atomic E-state index is 10.9. The van der Waals surface area contributed by atoms with Crippen LogP contribution in [0.1, 0.15) is 0 Å². The summed E-state index contributed by atoms with van der Waals surface area (Å²) in [7, 11) is 0. The van der Waals surface area contributed by atoms with Gasteiger partial charge in [-0.15, -0.1) is 0 Å². The highest BCUT2D eigenvalue weighted by Gasteiger charge is 2.08. The second kappa shape index (κ2) is 4.98. The monoisotopic (exact) mass is 355 g/mol. The Balaban J connectivity index is 2.40. The van der Waals surface area contributed by atoms with Gasteiger partial charge in [0.15, 0.2) is 5.78 Å². The Morgan fingerprint density at radius 2 is 1.65 bits per heavy atom. The molecule has 0 radical (unpaired) electrons. The lowest BCUT2D eigenvalue weighted by atomic mass is 10.1. The molecule has 1 aliphatic carbocycles. The highest BCUT2D eigenvalue weighted by molar-refractivity contribution is 9.13. The quantitative estimate of drug-likeness (QED) is 0.780. The Kier molecular flexibility index (Phi) is 3.59. The summed E-state index contributed by atoms with van der Waals surface area (Å²) in [4.78, 5) is 15.3. The molecule has 0 heterocycles. The highest BCUT2D eigenvalue weighted by atomic mass is 79.9. The van der Waals surface area contributed by atoms with Crippen LogP contribution in [-0.4, -0.2) is 16.6 Å². The molecule has 5 heteroatoms. The van der Waals surface area contributed by atoms with Crippen LogP contribution in [-0.2, 0) is 4.79 Å². The van der Waals surface area contributed by atoms with Crippen molar-refractivity contribution in [3.05, 3.63) is 45.4 Å². The van der Waals surface area contributed by atoms with E-state index in [4.69, 9.17) is 0 Å². The molecular formula is C12H7Br2NO2. The predicted octanol–water partition coefficient (Wildman–Crippen LogP) is 3.68. The molecule has 0 saturated carbocycles. The van der Waals surface area contributed by atoms with Crippen LogP contribution in [0.25, 0.3) is 0 Å². The molecule has 0 bridgehead atoms. The molecule has 1 aromatic rings. The predicted molar refractivity (Wildman–Crippen MR) is 73.9 cm³/mol. The van der Waals surface area contributed by atoms with Gasteiger partial charge in [-0.3, -0.25) is 4.79 Å². The minimum atomic E-state index is -0.0464. The van der Waals surface area contributed by atoms with Crippen molar-refractivity contribution in [3.63, 3.8) is 0 Å². The van der Waals surface area contributed by atoms with Crippen LogP contribution in [0.4, 0.5) is 5.69 Å².